The molecule has 2 aromatic carbocycles. The van der Waals surface area contributed by atoms with E-state index in [1.807, 2.05) is 25.9 Å². The van der Waals surface area contributed by atoms with Gasteiger partial charge in [0.05, 0.1) is 11.8 Å². The summed E-state index contributed by atoms with van der Waals surface area (Å²) in [6.45, 7) is 3.43. The van der Waals surface area contributed by atoms with Gasteiger partial charge in [0.25, 0.3) is 11.8 Å². The first-order valence-electron chi connectivity index (χ1n) is 12.7. The molecule has 210 valence electrons. The van der Waals surface area contributed by atoms with Gasteiger partial charge in [0, 0.05) is 49.5 Å². The summed E-state index contributed by atoms with van der Waals surface area (Å²) in [5, 5.41) is 2.59. The normalized spacial score (nSPS) is 15.7. The molecule has 1 saturated heterocycles. The first-order chi connectivity index (χ1) is 18.8. The Morgan fingerprint density at radius 2 is 1.93 bits per heavy atom. The molecular weight excluding hydrogens is 521 g/mol. The van der Waals surface area contributed by atoms with E-state index in [2.05, 4.69) is 27.0 Å². The highest BCUT2D eigenvalue weighted by atomic mass is 19.4. The number of nitrogens with one attached hydrogen (secondary N) is 1. The molecule has 2 amide bonds. The molecule has 0 spiro atoms. The zero-order chi connectivity index (χ0) is 29.2. The van der Waals surface area contributed by atoms with E-state index in [1.54, 1.807) is 25.2 Å². The molecule has 0 bridgehead atoms. The number of carbonyl (C=O) groups excluding carboxylic acids is 2. The number of rotatable bonds is 6. The van der Waals surface area contributed by atoms with Crippen LogP contribution in [0.15, 0.2) is 42.6 Å². The molecule has 3 N–H and O–H groups in total. The fourth-order valence-corrected chi connectivity index (χ4v) is 4.66. The molecule has 11 heteroatoms. The van der Waals surface area contributed by atoms with Gasteiger partial charge in [-0.3, -0.25) is 14.5 Å². The number of halogens is 3. The number of nitrogens with two attached hydrogens (primary N) is 1. The maximum atomic E-state index is 14.0. The summed E-state index contributed by atoms with van der Waals surface area (Å²) in [5.41, 5.74) is 6.78. The molecule has 4 rings (SSSR count). The van der Waals surface area contributed by atoms with Crippen molar-refractivity contribution in [3.63, 3.8) is 0 Å². The lowest BCUT2D eigenvalue weighted by molar-refractivity contribution is -0.138. The second-order valence-electron chi connectivity index (χ2n) is 10.1. The number of benzene rings is 2. The van der Waals surface area contributed by atoms with E-state index < -0.39 is 23.6 Å². The molecule has 0 aliphatic carbocycles. The van der Waals surface area contributed by atoms with Crippen molar-refractivity contribution in [2.75, 3.05) is 32.5 Å². The van der Waals surface area contributed by atoms with Crippen LogP contribution in [0.4, 0.5) is 18.9 Å². The fourth-order valence-electron chi connectivity index (χ4n) is 4.66. The molecule has 0 saturated carbocycles. The highest BCUT2D eigenvalue weighted by Crippen LogP contribution is 2.35. The molecule has 3 aromatic rings. The van der Waals surface area contributed by atoms with Crippen LogP contribution in [0.3, 0.4) is 0 Å². The number of hydrogen-bond acceptors (Lipinski definition) is 5. The first-order valence-corrected chi connectivity index (χ1v) is 12.7. The lowest BCUT2D eigenvalue weighted by atomic mass is 10.0. The molecule has 1 aromatic heterocycles. The molecular formula is C29H31F3N6O2. The van der Waals surface area contributed by atoms with Crippen molar-refractivity contribution >= 4 is 17.5 Å². The SMILES string of the molecule is Cc1ccc(C(=O)Nc2ccc(CN3CC[C@@H](N(C)C)C3)c(C(F)(F)F)c2)cc1C#Cc1cnc(C(N)=O)n1C. The average Bonchev–Trinajstić information content (AvgIpc) is 3.50. The molecule has 1 aliphatic rings. The monoisotopic (exact) mass is 552 g/mol. The van der Waals surface area contributed by atoms with Gasteiger partial charge in [-0.2, -0.15) is 13.2 Å². The Labute approximate surface area is 231 Å². The number of imidazole rings is 1. The quantitative estimate of drug-likeness (QED) is 0.456. The second-order valence-corrected chi connectivity index (χ2v) is 10.1. The highest BCUT2D eigenvalue weighted by Gasteiger charge is 2.35. The van der Waals surface area contributed by atoms with Crippen molar-refractivity contribution in [2.24, 2.45) is 12.8 Å². The summed E-state index contributed by atoms with van der Waals surface area (Å²) < 4.78 is 43.4. The number of aromatic nitrogens is 2. The second kappa shape index (κ2) is 11.5. The van der Waals surface area contributed by atoms with E-state index in [1.165, 1.54) is 22.9 Å². The van der Waals surface area contributed by atoms with E-state index >= 15 is 0 Å². The smallest absolute Gasteiger partial charge is 0.363 e. The molecule has 2 heterocycles. The number of alkyl halides is 3. The van der Waals surface area contributed by atoms with Crippen molar-refractivity contribution in [1.82, 2.24) is 19.4 Å². The molecule has 1 fully saturated rings. The van der Waals surface area contributed by atoms with Gasteiger partial charge in [0.2, 0.25) is 0 Å². The van der Waals surface area contributed by atoms with Crippen molar-refractivity contribution in [3.8, 4) is 11.8 Å². The predicted molar refractivity (Wildman–Crippen MR) is 146 cm³/mol. The van der Waals surface area contributed by atoms with E-state index in [0.29, 0.717) is 23.8 Å². The lowest BCUT2D eigenvalue weighted by Gasteiger charge is -2.22. The van der Waals surface area contributed by atoms with Crippen LogP contribution in [0.2, 0.25) is 0 Å². The number of aryl methyl sites for hydroxylation is 1. The summed E-state index contributed by atoms with van der Waals surface area (Å²) in [4.78, 5) is 32.5. The van der Waals surface area contributed by atoms with Gasteiger partial charge < -0.3 is 20.5 Å². The van der Waals surface area contributed by atoms with Crippen LogP contribution in [0, 0.1) is 18.8 Å². The molecule has 8 nitrogen and oxygen atoms in total. The Bertz CT molecular complexity index is 1500. The Morgan fingerprint density at radius 1 is 1.18 bits per heavy atom. The summed E-state index contributed by atoms with van der Waals surface area (Å²) >= 11 is 0. The van der Waals surface area contributed by atoms with E-state index in [9.17, 15) is 22.8 Å². The van der Waals surface area contributed by atoms with Gasteiger partial charge in [-0.05, 0) is 68.8 Å². The minimum absolute atomic E-state index is 0.0516. The Hall–Kier alpha value is -4.14. The zero-order valence-corrected chi connectivity index (χ0v) is 22.8. The third kappa shape index (κ3) is 6.52. The fraction of sp³-hybridized carbons (Fsp3) is 0.345. The number of likely N-dealkylation sites (tertiary alicyclic amines) is 1. The third-order valence-corrected chi connectivity index (χ3v) is 7.08. The van der Waals surface area contributed by atoms with Gasteiger partial charge in [-0.15, -0.1) is 0 Å². The van der Waals surface area contributed by atoms with Crippen LogP contribution in [-0.4, -0.2) is 64.4 Å². The largest absolute Gasteiger partial charge is 0.416 e. The van der Waals surface area contributed by atoms with Crippen LogP contribution in [0.25, 0.3) is 0 Å². The van der Waals surface area contributed by atoms with Crippen LogP contribution >= 0.6 is 0 Å². The number of primary amides is 1. The Morgan fingerprint density at radius 3 is 2.55 bits per heavy atom. The number of nitrogens with zero attached hydrogens (tertiary/aromatic N) is 4. The number of hydrogen-bond donors (Lipinski definition) is 2. The number of amides is 2. The Kier molecular flexibility index (Phi) is 8.32. The molecule has 1 atom stereocenters. The minimum atomic E-state index is -4.57. The molecule has 1 aliphatic heterocycles. The van der Waals surface area contributed by atoms with Crippen LogP contribution < -0.4 is 11.1 Å². The molecule has 40 heavy (non-hydrogen) atoms. The van der Waals surface area contributed by atoms with Crippen molar-refractivity contribution in [3.05, 3.63) is 81.9 Å². The van der Waals surface area contributed by atoms with Gasteiger partial charge in [-0.25, -0.2) is 4.98 Å². The predicted octanol–water partition coefficient (Wildman–Crippen LogP) is 3.63. The van der Waals surface area contributed by atoms with Crippen molar-refractivity contribution < 1.29 is 22.8 Å². The summed E-state index contributed by atoms with van der Waals surface area (Å²) in [7, 11) is 5.55. The van der Waals surface area contributed by atoms with Crippen molar-refractivity contribution in [1.29, 1.82) is 0 Å². The number of likely N-dealkylation sites (N-methyl/N-ethyl adjacent to an activating group) is 1. The number of carbonyl (C=O) groups is 2. The third-order valence-electron chi connectivity index (χ3n) is 7.08. The Balaban J connectivity index is 1.53. The van der Waals surface area contributed by atoms with E-state index in [0.717, 1.165) is 24.6 Å². The van der Waals surface area contributed by atoms with Gasteiger partial charge in [-0.1, -0.05) is 18.1 Å². The van der Waals surface area contributed by atoms with Gasteiger partial charge in [0.15, 0.2) is 5.82 Å². The molecule has 0 radical (unpaired) electrons. The topological polar surface area (TPSA) is 96.5 Å². The minimum Gasteiger partial charge on any atom is -0.363 e. The van der Waals surface area contributed by atoms with E-state index in [-0.39, 0.29) is 29.2 Å². The molecule has 0 unspecified atom stereocenters. The summed E-state index contributed by atoms with van der Waals surface area (Å²) in [6, 6.07) is 9.08. The number of anilines is 1. The van der Waals surface area contributed by atoms with Crippen molar-refractivity contribution in [2.45, 2.75) is 32.1 Å². The zero-order valence-electron chi connectivity index (χ0n) is 22.8. The van der Waals surface area contributed by atoms with E-state index in [4.69, 9.17) is 5.73 Å². The van der Waals surface area contributed by atoms with Gasteiger partial charge in [0.1, 0.15) is 5.69 Å². The standard InChI is InChI=1S/C29H31F3N6O2/c1-18-5-6-20(13-19(18)8-10-23-15-34-27(26(33)39)37(23)4)28(40)35-22-9-7-21(25(14-22)29(30,31)32)16-38-12-11-24(17-38)36(2)3/h5-7,9,13-15,24H,11-12,16-17H2,1-4H3,(H2,33,39)(H,35,40)/t24-/m1/s1. The lowest BCUT2D eigenvalue weighted by Crippen LogP contribution is -2.31. The first kappa shape index (κ1) is 28.9. The van der Waals surface area contributed by atoms with Crippen LogP contribution in [0.1, 0.15) is 55.3 Å². The van der Waals surface area contributed by atoms with Gasteiger partial charge >= 0.3 is 6.18 Å². The summed E-state index contributed by atoms with van der Waals surface area (Å²) in [6.07, 6.45) is -2.24. The highest BCUT2D eigenvalue weighted by molar-refractivity contribution is 6.04. The maximum absolute atomic E-state index is 14.0. The average molecular weight is 553 g/mol. The van der Waals surface area contributed by atoms with Crippen LogP contribution in [0.5, 0.6) is 0 Å². The maximum Gasteiger partial charge on any atom is 0.416 e. The van der Waals surface area contributed by atoms with Crippen LogP contribution in [-0.2, 0) is 19.8 Å². The summed E-state index contributed by atoms with van der Waals surface area (Å²) in [5.74, 6) is 4.70.